The van der Waals surface area contributed by atoms with Gasteiger partial charge in [-0.1, -0.05) is 41.5 Å². The number of benzene rings is 3. The van der Waals surface area contributed by atoms with Crippen LogP contribution in [0.5, 0.6) is 5.75 Å². The van der Waals surface area contributed by atoms with Crippen molar-refractivity contribution in [2.45, 2.75) is 23.6 Å². The summed E-state index contributed by atoms with van der Waals surface area (Å²) >= 11 is 0. The van der Waals surface area contributed by atoms with Gasteiger partial charge >= 0.3 is 16.1 Å². The fourth-order valence-corrected chi connectivity index (χ4v) is 4.98. The van der Waals surface area contributed by atoms with Gasteiger partial charge in [-0.25, -0.2) is 13.2 Å². The van der Waals surface area contributed by atoms with Crippen molar-refractivity contribution in [2.75, 3.05) is 4.31 Å². The number of hydrogen-bond donors (Lipinski definition) is 1. The normalized spacial score (nSPS) is 11.7. The molecule has 0 unspecified atom stereocenters. The quantitative estimate of drug-likeness (QED) is 0.563. The van der Waals surface area contributed by atoms with Gasteiger partial charge in [0, 0.05) is 6.07 Å². The van der Waals surface area contributed by atoms with Gasteiger partial charge in [0.15, 0.2) is 0 Å². The van der Waals surface area contributed by atoms with Crippen LogP contribution in [0.25, 0.3) is 0 Å². The van der Waals surface area contributed by atoms with Crippen molar-refractivity contribution in [3.63, 3.8) is 0 Å². The summed E-state index contributed by atoms with van der Waals surface area (Å²) < 4.78 is 56.6. The van der Waals surface area contributed by atoms with Crippen molar-refractivity contribution >= 4 is 31.9 Å². The Morgan fingerprint density at radius 2 is 1.32 bits per heavy atom. The summed E-state index contributed by atoms with van der Waals surface area (Å²) in [4.78, 5) is 11.8. The van der Waals surface area contributed by atoms with E-state index in [9.17, 15) is 21.6 Å². The molecule has 31 heavy (non-hydrogen) atoms. The second-order valence-corrected chi connectivity index (χ2v) is 10.1. The number of rotatable bonds is 6. The van der Waals surface area contributed by atoms with Crippen LogP contribution in [0.3, 0.4) is 0 Å². The predicted molar refractivity (Wildman–Crippen MR) is 116 cm³/mol. The van der Waals surface area contributed by atoms with Crippen LogP contribution in [0.1, 0.15) is 11.1 Å². The van der Waals surface area contributed by atoms with Crippen molar-refractivity contribution in [3.05, 3.63) is 83.9 Å². The molecule has 3 rings (SSSR count). The largest absolute Gasteiger partial charge is 0.379 e. The Kier molecular flexibility index (Phi) is 6.05. The van der Waals surface area contributed by atoms with Gasteiger partial charge in [0.2, 0.25) is 0 Å². The van der Waals surface area contributed by atoms with Crippen LogP contribution in [-0.2, 0) is 20.1 Å². The fraction of sp³-hybridized carbons (Fsp3) is 0.0952. The number of amides is 2. The number of nitrogens with two attached hydrogens (primary N) is 1. The molecule has 0 aromatic heterocycles. The number of primary amides is 1. The number of sulfonamides is 1. The van der Waals surface area contributed by atoms with E-state index in [4.69, 9.17) is 9.92 Å². The molecular formula is C21H20N2O6S2. The molecule has 0 atom stereocenters. The molecule has 3 aromatic carbocycles. The highest BCUT2D eigenvalue weighted by Gasteiger charge is 2.30. The zero-order chi connectivity index (χ0) is 22.8. The van der Waals surface area contributed by atoms with Crippen LogP contribution >= 0.6 is 0 Å². The third-order valence-corrected chi connectivity index (χ3v) is 7.33. The van der Waals surface area contributed by atoms with Gasteiger partial charge in [-0.05, 0) is 50.2 Å². The van der Waals surface area contributed by atoms with Gasteiger partial charge in [0.25, 0.3) is 10.0 Å². The van der Waals surface area contributed by atoms with Gasteiger partial charge in [-0.2, -0.15) is 12.7 Å². The fourth-order valence-electron chi connectivity index (χ4n) is 2.74. The third-order valence-electron chi connectivity index (χ3n) is 4.33. The van der Waals surface area contributed by atoms with E-state index in [1.54, 1.807) is 31.2 Å². The first-order valence-corrected chi connectivity index (χ1v) is 11.9. The maximum absolute atomic E-state index is 13.0. The van der Waals surface area contributed by atoms with Crippen LogP contribution in [0, 0.1) is 13.8 Å². The molecular weight excluding hydrogens is 440 g/mol. The third kappa shape index (κ3) is 4.86. The molecule has 162 valence electrons. The van der Waals surface area contributed by atoms with E-state index >= 15 is 0 Å². The Hall–Kier alpha value is -3.37. The second-order valence-electron chi connectivity index (χ2n) is 6.77. The van der Waals surface area contributed by atoms with Gasteiger partial charge in [0.1, 0.15) is 10.6 Å². The van der Waals surface area contributed by atoms with Gasteiger partial charge in [-0.3, -0.25) is 0 Å². The SMILES string of the molecule is Cc1ccc(S(=O)(=O)Oc2cccc(N(C(N)=O)S(=O)(=O)c3ccc(C)cc3)c2)cc1. The molecule has 2 N–H and O–H groups in total. The number of carbonyl (C=O) groups is 1. The zero-order valence-electron chi connectivity index (χ0n) is 16.7. The molecule has 0 bridgehead atoms. The molecule has 0 spiro atoms. The minimum atomic E-state index is -4.33. The lowest BCUT2D eigenvalue weighted by atomic mass is 10.2. The summed E-state index contributed by atoms with van der Waals surface area (Å²) in [6, 6.07) is 15.8. The van der Waals surface area contributed by atoms with Crippen LogP contribution in [-0.4, -0.2) is 22.9 Å². The minimum absolute atomic E-state index is 0.0671. The van der Waals surface area contributed by atoms with Crippen LogP contribution in [0.4, 0.5) is 10.5 Å². The zero-order valence-corrected chi connectivity index (χ0v) is 18.4. The van der Waals surface area contributed by atoms with E-state index in [2.05, 4.69) is 0 Å². The smallest absolute Gasteiger partial charge is 0.339 e. The lowest BCUT2D eigenvalue weighted by Crippen LogP contribution is -2.40. The predicted octanol–water partition coefficient (Wildman–Crippen LogP) is 3.35. The molecule has 0 radical (unpaired) electrons. The van der Waals surface area contributed by atoms with Crippen molar-refractivity contribution in [1.82, 2.24) is 0 Å². The number of hydrogen-bond acceptors (Lipinski definition) is 6. The molecule has 2 amide bonds. The minimum Gasteiger partial charge on any atom is -0.379 e. The maximum atomic E-state index is 13.0. The summed E-state index contributed by atoms with van der Waals surface area (Å²) in [6.45, 7) is 3.60. The number of nitrogens with zero attached hydrogens (tertiary/aromatic N) is 1. The standard InChI is InChI=1S/C21H20N2O6S2/c1-15-6-10-19(11-7-15)30(25,26)23(21(22)24)17-4-3-5-18(14-17)29-31(27,28)20-12-8-16(2)9-13-20/h3-14H,1-2H3,(H2,22,24). The number of anilines is 1. The van der Waals surface area contributed by atoms with E-state index in [1.807, 2.05) is 6.92 Å². The summed E-state index contributed by atoms with van der Waals surface area (Å²) in [5, 5.41) is 0. The summed E-state index contributed by atoms with van der Waals surface area (Å²) in [5.41, 5.74) is 6.90. The maximum Gasteiger partial charge on any atom is 0.339 e. The van der Waals surface area contributed by atoms with Crippen LogP contribution in [0.15, 0.2) is 82.6 Å². The molecule has 0 saturated carbocycles. The molecule has 0 aliphatic heterocycles. The van der Waals surface area contributed by atoms with Crippen LogP contribution in [0.2, 0.25) is 0 Å². The Morgan fingerprint density at radius 3 is 1.84 bits per heavy atom. The summed E-state index contributed by atoms with van der Waals surface area (Å²) in [7, 11) is -8.50. The highest BCUT2D eigenvalue weighted by atomic mass is 32.2. The molecule has 0 aliphatic carbocycles. The number of aryl methyl sites for hydroxylation is 2. The Balaban J connectivity index is 1.99. The van der Waals surface area contributed by atoms with Crippen molar-refractivity contribution < 1.29 is 25.8 Å². The first-order chi connectivity index (χ1) is 14.5. The average molecular weight is 461 g/mol. The Labute approximate surface area is 181 Å². The van der Waals surface area contributed by atoms with Crippen molar-refractivity contribution in [2.24, 2.45) is 5.73 Å². The molecule has 0 heterocycles. The average Bonchev–Trinajstić information content (AvgIpc) is 2.68. The lowest BCUT2D eigenvalue weighted by molar-refractivity contribution is 0.257. The Bertz CT molecular complexity index is 1320. The molecule has 10 heteroatoms. The molecule has 3 aromatic rings. The second kappa shape index (κ2) is 8.40. The number of urea groups is 1. The lowest BCUT2D eigenvalue weighted by Gasteiger charge is -2.21. The van der Waals surface area contributed by atoms with E-state index in [0.717, 1.165) is 17.2 Å². The van der Waals surface area contributed by atoms with Crippen LogP contribution < -0.4 is 14.2 Å². The number of carbonyl (C=O) groups excluding carboxylic acids is 1. The molecule has 0 fully saturated rings. The first-order valence-electron chi connectivity index (χ1n) is 9.03. The topological polar surface area (TPSA) is 124 Å². The van der Waals surface area contributed by atoms with Gasteiger partial charge < -0.3 is 9.92 Å². The van der Waals surface area contributed by atoms with E-state index in [-0.39, 0.29) is 21.2 Å². The summed E-state index contributed by atoms with van der Waals surface area (Å²) in [6.07, 6.45) is 0. The molecule has 8 nitrogen and oxygen atoms in total. The molecule has 0 saturated heterocycles. The highest BCUT2D eigenvalue weighted by molar-refractivity contribution is 7.93. The molecule has 0 aliphatic rings. The van der Waals surface area contributed by atoms with Gasteiger partial charge in [0.05, 0.1) is 10.6 Å². The highest BCUT2D eigenvalue weighted by Crippen LogP contribution is 2.28. The van der Waals surface area contributed by atoms with E-state index in [0.29, 0.717) is 4.31 Å². The van der Waals surface area contributed by atoms with E-state index in [1.165, 1.54) is 42.5 Å². The van der Waals surface area contributed by atoms with Gasteiger partial charge in [-0.15, -0.1) is 0 Å². The van der Waals surface area contributed by atoms with Crippen molar-refractivity contribution in [3.8, 4) is 5.75 Å². The van der Waals surface area contributed by atoms with E-state index < -0.39 is 26.2 Å². The first kappa shape index (κ1) is 22.3. The van der Waals surface area contributed by atoms with Crippen molar-refractivity contribution in [1.29, 1.82) is 0 Å². The Morgan fingerprint density at radius 1 is 0.806 bits per heavy atom. The monoisotopic (exact) mass is 460 g/mol. The summed E-state index contributed by atoms with van der Waals surface area (Å²) in [5.74, 6) is -0.177.